The van der Waals surface area contributed by atoms with Crippen LogP contribution in [0.4, 0.5) is 8.78 Å². The highest BCUT2D eigenvalue weighted by Gasteiger charge is 2.26. The van der Waals surface area contributed by atoms with Crippen LogP contribution in [0.15, 0.2) is 23.1 Å². The smallest absolute Gasteiger partial charge is 0.207 e. The minimum Gasteiger partial charge on any atom is -0.207 e. The number of halogens is 3. The predicted molar refractivity (Wildman–Crippen MR) is 66.1 cm³/mol. The summed E-state index contributed by atoms with van der Waals surface area (Å²) in [6.07, 6.45) is 0.563. The molecule has 0 spiro atoms. The Labute approximate surface area is 110 Å². The molecule has 18 heavy (non-hydrogen) atoms. The van der Waals surface area contributed by atoms with Crippen LogP contribution in [0.5, 0.6) is 0 Å². The standard InChI is InChI=1S/C11H14ClF2NO2S/c1-2-6-15(7-5-12)18(16,17)11-8-9(13)3-4-10(11)14/h3-4,8H,2,5-7H2,1H3. The van der Waals surface area contributed by atoms with E-state index in [4.69, 9.17) is 11.6 Å². The SMILES string of the molecule is CCCN(CCCl)S(=O)(=O)c1cc(F)ccc1F. The van der Waals surface area contributed by atoms with E-state index in [1.165, 1.54) is 0 Å². The molecule has 0 saturated heterocycles. The third kappa shape index (κ3) is 3.40. The summed E-state index contributed by atoms with van der Waals surface area (Å²) in [6, 6.07) is 2.36. The van der Waals surface area contributed by atoms with Gasteiger partial charge < -0.3 is 0 Å². The van der Waals surface area contributed by atoms with Crippen LogP contribution < -0.4 is 0 Å². The monoisotopic (exact) mass is 297 g/mol. The van der Waals surface area contributed by atoms with Crippen LogP contribution >= 0.6 is 11.6 Å². The molecule has 1 rings (SSSR count). The molecule has 0 radical (unpaired) electrons. The molecule has 0 N–H and O–H groups in total. The molecule has 0 aliphatic heterocycles. The van der Waals surface area contributed by atoms with E-state index in [-0.39, 0.29) is 19.0 Å². The molecule has 0 heterocycles. The Morgan fingerprint density at radius 2 is 1.94 bits per heavy atom. The first kappa shape index (κ1) is 15.3. The van der Waals surface area contributed by atoms with E-state index in [1.54, 1.807) is 6.92 Å². The molecule has 0 aromatic heterocycles. The van der Waals surface area contributed by atoms with Crippen LogP contribution in [0, 0.1) is 11.6 Å². The number of benzene rings is 1. The Morgan fingerprint density at radius 3 is 2.50 bits per heavy atom. The van der Waals surface area contributed by atoms with E-state index in [9.17, 15) is 17.2 Å². The van der Waals surface area contributed by atoms with Gasteiger partial charge in [0, 0.05) is 19.0 Å². The molecule has 0 amide bonds. The van der Waals surface area contributed by atoms with Crippen molar-refractivity contribution in [2.24, 2.45) is 0 Å². The predicted octanol–water partition coefficient (Wildman–Crippen LogP) is 2.60. The molecule has 0 fully saturated rings. The van der Waals surface area contributed by atoms with E-state index in [1.807, 2.05) is 0 Å². The zero-order chi connectivity index (χ0) is 13.8. The maximum Gasteiger partial charge on any atom is 0.246 e. The number of rotatable bonds is 6. The summed E-state index contributed by atoms with van der Waals surface area (Å²) in [5.74, 6) is -1.67. The molecule has 1 aromatic carbocycles. The van der Waals surface area contributed by atoms with Crippen molar-refractivity contribution >= 4 is 21.6 Å². The van der Waals surface area contributed by atoms with Crippen LogP contribution in [0.2, 0.25) is 0 Å². The molecular formula is C11H14ClF2NO2S. The van der Waals surface area contributed by atoms with Crippen molar-refractivity contribution in [1.82, 2.24) is 4.31 Å². The second-order valence-electron chi connectivity index (χ2n) is 3.67. The van der Waals surface area contributed by atoms with E-state index in [2.05, 4.69) is 0 Å². The third-order valence-corrected chi connectivity index (χ3v) is 4.40. The number of hydrogen-bond donors (Lipinski definition) is 0. The van der Waals surface area contributed by atoms with Gasteiger partial charge in [-0.1, -0.05) is 6.92 Å². The molecule has 0 atom stereocenters. The average Bonchev–Trinajstić information content (AvgIpc) is 2.32. The van der Waals surface area contributed by atoms with Crippen LogP contribution in [0.1, 0.15) is 13.3 Å². The first-order valence-electron chi connectivity index (χ1n) is 5.44. The fourth-order valence-corrected chi connectivity index (χ4v) is 3.42. The van der Waals surface area contributed by atoms with Crippen LogP contribution in [0.3, 0.4) is 0 Å². The second-order valence-corrected chi connectivity index (χ2v) is 5.95. The fourth-order valence-electron chi connectivity index (χ4n) is 1.51. The molecule has 0 unspecified atom stereocenters. The Hall–Kier alpha value is -0.720. The van der Waals surface area contributed by atoms with Gasteiger partial charge in [0.1, 0.15) is 16.5 Å². The normalized spacial score (nSPS) is 12.1. The van der Waals surface area contributed by atoms with Gasteiger partial charge in [-0.15, -0.1) is 11.6 Å². The van der Waals surface area contributed by atoms with Crippen molar-refractivity contribution in [3.63, 3.8) is 0 Å². The Bertz CT molecular complexity index is 502. The summed E-state index contributed by atoms with van der Waals surface area (Å²) < 4.78 is 51.9. The van der Waals surface area contributed by atoms with Crippen molar-refractivity contribution in [1.29, 1.82) is 0 Å². The number of alkyl halides is 1. The lowest BCUT2D eigenvalue weighted by atomic mass is 10.3. The summed E-state index contributed by atoms with van der Waals surface area (Å²) >= 11 is 5.52. The molecular weight excluding hydrogens is 284 g/mol. The summed E-state index contributed by atoms with van der Waals surface area (Å²) in [7, 11) is -4.04. The molecule has 1 aromatic rings. The van der Waals surface area contributed by atoms with Gasteiger partial charge in [-0.2, -0.15) is 4.31 Å². The van der Waals surface area contributed by atoms with Crippen LogP contribution in [-0.4, -0.2) is 31.7 Å². The first-order valence-corrected chi connectivity index (χ1v) is 7.42. The van der Waals surface area contributed by atoms with Gasteiger partial charge in [-0.05, 0) is 24.6 Å². The van der Waals surface area contributed by atoms with Gasteiger partial charge in [0.2, 0.25) is 10.0 Å². The third-order valence-electron chi connectivity index (χ3n) is 2.32. The quantitative estimate of drug-likeness (QED) is 0.757. The highest BCUT2D eigenvalue weighted by atomic mass is 35.5. The maximum atomic E-state index is 13.5. The van der Waals surface area contributed by atoms with E-state index in [0.29, 0.717) is 12.5 Å². The molecule has 0 bridgehead atoms. The Kier molecular flexibility index (Phi) is 5.49. The Balaban J connectivity index is 3.21. The molecule has 0 saturated carbocycles. The minimum atomic E-state index is -4.04. The molecule has 0 aliphatic carbocycles. The van der Waals surface area contributed by atoms with E-state index in [0.717, 1.165) is 16.4 Å². The lowest BCUT2D eigenvalue weighted by Gasteiger charge is -2.20. The van der Waals surface area contributed by atoms with Gasteiger partial charge in [0.15, 0.2) is 0 Å². The lowest BCUT2D eigenvalue weighted by Crippen LogP contribution is -2.34. The largest absolute Gasteiger partial charge is 0.246 e. The summed E-state index contributed by atoms with van der Waals surface area (Å²) in [4.78, 5) is -0.652. The second kappa shape index (κ2) is 6.45. The fraction of sp³-hybridized carbons (Fsp3) is 0.455. The topological polar surface area (TPSA) is 37.4 Å². The van der Waals surface area contributed by atoms with Crippen molar-refractivity contribution in [3.8, 4) is 0 Å². The van der Waals surface area contributed by atoms with Crippen molar-refractivity contribution < 1.29 is 17.2 Å². The highest BCUT2D eigenvalue weighted by Crippen LogP contribution is 2.20. The average molecular weight is 298 g/mol. The summed E-state index contributed by atoms with van der Waals surface area (Å²) in [5, 5.41) is 0. The van der Waals surface area contributed by atoms with Gasteiger partial charge in [-0.25, -0.2) is 17.2 Å². The van der Waals surface area contributed by atoms with Gasteiger partial charge in [-0.3, -0.25) is 0 Å². The van der Waals surface area contributed by atoms with Crippen molar-refractivity contribution in [2.75, 3.05) is 19.0 Å². The zero-order valence-electron chi connectivity index (χ0n) is 9.87. The first-order chi connectivity index (χ1) is 8.43. The van der Waals surface area contributed by atoms with Crippen LogP contribution in [-0.2, 0) is 10.0 Å². The number of nitrogens with zero attached hydrogens (tertiary/aromatic N) is 1. The van der Waals surface area contributed by atoms with E-state index >= 15 is 0 Å². The number of hydrogen-bond acceptors (Lipinski definition) is 2. The molecule has 7 heteroatoms. The summed E-state index contributed by atoms with van der Waals surface area (Å²) in [6.45, 7) is 2.07. The van der Waals surface area contributed by atoms with Gasteiger partial charge in [0.25, 0.3) is 0 Å². The number of sulfonamides is 1. The highest BCUT2D eigenvalue weighted by molar-refractivity contribution is 7.89. The lowest BCUT2D eigenvalue weighted by molar-refractivity contribution is 0.423. The maximum absolute atomic E-state index is 13.5. The zero-order valence-corrected chi connectivity index (χ0v) is 11.4. The van der Waals surface area contributed by atoms with Gasteiger partial charge in [0.05, 0.1) is 0 Å². The Morgan fingerprint density at radius 1 is 1.28 bits per heavy atom. The molecule has 102 valence electrons. The summed E-state index contributed by atoms with van der Waals surface area (Å²) in [5.41, 5.74) is 0. The van der Waals surface area contributed by atoms with Crippen LogP contribution in [0.25, 0.3) is 0 Å². The van der Waals surface area contributed by atoms with E-state index < -0.39 is 26.6 Å². The van der Waals surface area contributed by atoms with Gasteiger partial charge >= 0.3 is 0 Å². The van der Waals surface area contributed by atoms with Crippen molar-refractivity contribution in [3.05, 3.63) is 29.8 Å². The minimum absolute atomic E-state index is 0.0632. The van der Waals surface area contributed by atoms with Crippen molar-refractivity contribution in [2.45, 2.75) is 18.2 Å². The molecule has 3 nitrogen and oxygen atoms in total. The molecule has 0 aliphatic rings.